The van der Waals surface area contributed by atoms with E-state index in [1.54, 1.807) is 0 Å². The van der Waals surface area contributed by atoms with Crippen LogP contribution in [0.2, 0.25) is 0 Å². The molecule has 1 N–H and O–H groups in total. The minimum atomic E-state index is -3.62. The Morgan fingerprint density at radius 3 is 2.25 bits per heavy atom. The van der Waals surface area contributed by atoms with Crippen LogP contribution in [0.15, 0.2) is 29.2 Å². The molecule has 1 fully saturated rings. The number of rotatable bonds is 5. The smallest absolute Gasteiger partial charge is 0.413 e. The second-order valence-corrected chi connectivity index (χ2v) is 8.58. The van der Waals surface area contributed by atoms with Crippen molar-refractivity contribution in [3.05, 3.63) is 29.8 Å². The normalized spacial score (nSPS) is 16.8. The third-order valence-electron chi connectivity index (χ3n) is 4.53. The number of imide groups is 1. The topological polar surface area (TPSA) is 119 Å². The Kier molecular flexibility index (Phi) is 7.14. The van der Waals surface area contributed by atoms with Gasteiger partial charge in [0.2, 0.25) is 10.0 Å². The second kappa shape index (κ2) is 9.16. The molecule has 28 heavy (non-hydrogen) atoms. The lowest BCUT2D eigenvalue weighted by Crippen LogP contribution is -2.39. The summed E-state index contributed by atoms with van der Waals surface area (Å²) in [5.74, 6) is -1.15. The summed E-state index contributed by atoms with van der Waals surface area (Å²) in [5, 5.41) is 1.89. The molecule has 1 saturated heterocycles. The van der Waals surface area contributed by atoms with Gasteiger partial charge in [-0.1, -0.05) is 6.92 Å². The van der Waals surface area contributed by atoms with Crippen molar-refractivity contribution in [3.8, 4) is 0 Å². The van der Waals surface area contributed by atoms with Gasteiger partial charge in [-0.05, 0) is 49.9 Å². The zero-order valence-electron chi connectivity index (χ0n) is 16.0. The first-order valence-electron chi connectivity index (χ1n) is 8.85. The summed E-state index contributed by atoms with van der Waals surface area (Å²) in [6, 6.07) is 5.33. The van der Waals surface area contributed by atoms with Gasteiger partial charge in [0.15, 0.2) is 6.10 Å². The highest BCUT2D eigenvalue weighted by Gasteiger charge is 2.28. The standard InChI is InChI=1S/C18H24N2O7S/c1-12-8-10-20(11-9-12)28(24,25)15-6-4-14(5-7-15)17(22)27-13(2)16(21)19-18(23)26-3/h4-7,12-13H,8-11H2,1-3H3,(H,19,21,23)/t13-/m1/s1. The van der Waals surface area contributed by atoms with E-state index < -0.39 is 34.1 Å². The minimum absolute atomic E-state index is 0.0870. The van der Waals surface area contributed by atoms with Crippen LogP contribution in [0, 0.1) is 5.92 Å². The van der Waals surface area contributed by atoms with Crippen molar-refractivity contribution in [2.75, 3.05) is 20.2 Å². The molecule has 1 aliphatic rings. The number of hydrogen-bond acceptors (Lipinski definition) is 7. The van der Waals surface area contributed by atoms with Gasteiger partial charge in [0, 0.05) is 13.1 Å². The molecule has 0 radical (unpaired) electrons. The van der Waals surface area contributed by atoms with Crippen LogP contribution in [0.25, 0.3) is 0 Å². The fourth-order valence-electron chi connectivity index (χ4n) is 2.67. The molecule has 10 heteroatoms. The zero-order valence-corrected chi connectivity index (χ0v) is 16.8. The fraction of sp³-hybridized carbons (Fsp3) is 0.500. The van der Waals surface area contributed by atoms with Crippen LogP contribution in [0.1, 0.15) is 37.0 Å². The van der Waals surface area contributed by atoms with Crippen molar-refractivity contribution in [2.45, 2.75) is 37.7 Å². The average molecular weight is 412 g/mol. The van der Waals surface area contributed by atoms with E-state index in [9.17, 15) is 22.8 Å². The van der Waals surface area contributed by atoms with E-state index in [2.05, 4.69) is 11.7 Å². The number of amides is 2. The van der Waals surface area contributed by atoms with E-state index in [0.29, 0.717) is 19.0 Å². The highest BCUT2D eigenvalue weighted by Crippen LogP contribution is 2.23. The number of nitrogens with zero attached hydrogens (tertiary/aromatic N) is 1. The molecule has 1 aromatic carbocycles. The van der Waals surface area contributed by atoms with Gasteiger partial charge < -0.3 is 9.47 Å². The van der Waals surface area contributed by atoms with Crippen LogP contribution < -0.4 is 5.32 Å². The van der Waals surface area contributed by atoms with Gasteiger partial charge in [0.05, 0.1) is 17.6 Å². The molecular weight excluding hydrogens is 388 g/mol. The van der Waals surface area contributed by atoms with Crippen LogP contribution in [0.3, 0.4) is 0 Å². The predicted molar refractivity (Wildman–Crippen MR) is 99.0 cm³/mol. The van der Waals surface area contributed by atoms with E-state index in [-0.39, 0.29) is 10.5 Å². The van der Waals surface area contributed by atoms with Crippen molar-refractivity contribution in [3.63, 3.8) is 0 Å². The molecule has 0 saturated carbocycles. The molecule has 0 unspecified atom stereocenters. The molecule has 0 aromatic heterocycles. The second-order valence-electron chi connectivity index (χ2n) is 6.64. The summed E-state index contributed by atoms with van der Waals surface area (Å²) >= 11 is 0. The van der Waals surface area contributed by atoms with Crippen LogP contribution in [0.4, 0.5) is 4.79 Å². The van der Waals surface area contributed by atoms with Gasteiger partial charge in [-0.15, -0.1) is 0 Å². The molecule has 9 nitrogen and oxygen atoms in total. The van der Waals surface area contributed by atoms with E-state index in [4.69, 9.17) is 4.74 Å². The molecule has 1 heterocycles. The van der Waals surface area contributed by atoms with Crippen molar-refractivity contribution >= 4 is 28.0 Å². The summed E-state index contributed by atoms with van der Waals surface area (Å²) in [7, 11) is -2.52. The molecule has 0 aliphatic carbocycles. The summed E-state index contributed by atoms with van der Waals surface area (Å²) in [5.41, 5.74) is 0.0870. The molecule has 2 rings (SSSR count). The van der Waals surface area contributed by atoms with Gasteiger partial charge in [-0.2, -0.15) is 4.31 Å². The number of methoxy groups -OCH3 is 1. The third-order valence-corrected chi connectivity index (χ3v) is 6.45. The van der Waals surface area contributed by atoms with E-state index in [0.717, 1.165) is 20.0 Å². The lowest BCUT2D eigenvalue weighted by molar-refractivity contribution is -0.128. The van der Waals surface area contributed by atoms with E-state index >= 15 is 0 Å². The Morgan fingerprint density at radius 1 is 1.14 bits per heavy atom. The molecule has 1 aliphatic heterocycles. The maximum absolute atomic E-state index is 12.7. The Morgan fingerprint density at radius 2 is 1.71 bits per heavy atom. The quantitative estimate of drug-likeness (QED) is 0.729. The first kappa shape index (κ1) is 21.8. The van der Waals surface area contributed by atoms with Crippen LogP contribution in [0.5, 0.6) is 0 Å². The molecule has 2 amide bonds. The fourth-order valence-corrected chi connectivity index (χ4v) is 4.14. The van der Waals surface area contributed by atoms with Gasteiger partial charge >= 0.3 is 12.1 Å². The summed E-state index contributed by atoms with van der Waals surface area (Å²) in [4.78, 5) is 34.9. The van der Waals surface area contributed by atoms with Crippen LogP contribution >= 0.6 is 0 Å². The van der Waals surface area contributed by atoms with Gasteiger partial charge in [-0.3, -0.25) is 10.1 Å². The van der Waals surface area contributed by atoms with Gasteiger partial charge in [0.25, 0.3) is 5.91 Å². The number of carbonyl (C=O) groups excluding carboxylic acids is 3. The van der Waals surface area contributed by atoms with E-state index in [1.807, 2.05) is 5.32 Å². The van der Waals surface area contributed by atoms with Gasteiger partial charge in [0.1, 0.15) is 0 Å². The maximum atomic E-state index is 12.7. The van der Waals surface area contributed by atoms with Crippen molar-refractivity contribution in [2.24, 2.45) is 5.92 Å². The summed E-state index contributed by atoms with van der Waals surface area (Å²) in [6.07, 6.45) is -0.565. The summed E-state index contributed by atoms with van der Waals surface area (Å²) in [6.45, 7) is 4.34. The van der Waals surface area contributed by atoms with Crippen molar-refractivity contribution < 1.29 is 32.3 Å². The minimum Gasteiger partial charge on any atom is -0.453 e. The highest BCUT2D eigenvalue weighted by atomic mass is 32.2. The largest absolute Gasteiger partial charge is 0.453 e. The van der Waals surface area contributed by atoms with E-state index in [1.165, 1.54) is 35.5 Å². The number of esters is 1. The van der Waals surface area contributed by atoms with Crippen LogP contribution in [-0.2, 0) is 24.3 Å². The number of ether oxygens (including phenoxy) is 2. The number of hydrogen-bond donors (Lipinski definition) is 1. The van der Waals surface area contributed by atoms with Crippen molar-refractivity contribution in [1.29, 1.82) is 0 Å². The highest BCUT2D eigenvalue weighted by molar-refractivity contribution is 7.89. The molecule has 154 valence electrons. The number of piperidine rings is 1. The summed E-state index contributed by atoms with van der Waals surface area (Å²) < 4.78 is 36.1. The predicted octanol–water partition coefficient (Wildman–Crippen LogP) is 1.54. The lowest BCUT2D eigenvalue weighted by atomic mass is 10.0. The molecule has 0 spiro atoms. The first-order valence-corrected chi connectivity index (χ1v) is 10.3. The Bertz CT molecular complexity index is 828. The number of carbonyl (C=O) groups is 3. The number of benzene rings is 1. The number of sulfonamides is 1. The molecule has 1 aromatic rings. The number of alkyl carbamates (subject to hydrolysis) is 1. The Balaban J connectivity index is 2.02. The molecule has 1 atom stereocenters. The van der Waals surface area contributed by atoms with Crippen LogP contribution in [-0.4, -0.2) is 57.0 Å². The average Bonchev–Trinajstić information content (AvgIpc) is 2.68. The number of nitrogens with one attached hydrogen (secondary N) is 1. The third kappa shape index (κ3) is 5.29. The SMILES string of the molecule is COC(=O)NC(=O)[C@@H](C)OC(=O)c1ccc(S(=O)(=O)N2CCC(C)CC2)cc1. The maximum Gasteiger partial charge on any atom is 0.413 e. The Hall–Kier alpha value is -2.46. The van der Waals surface area contributed by atoms with Crippen molar-refractivity contribution in [1.82, 2.24) is 9.62 Å². The molecule has 0 bridgehead atoms. The zero-order chi connectivity index (χ0) is 20.9. The monoisotopic (exact) mass is 412 g/mol. The van der Waals surface area contributed by atoms with Gasteiger partial charge in [-0.25, -0.2) is 18.0 Å². The lowest BCUT2D eigenvalue weighted by Gasteiger charge is -2.29. The molecular formula is C18H24N2O7S. The first-order chi connectivity index (χ1) is 13.1. The Labute approximate surface area is 164 Å².